The van der Waals surface area contributed by atoms with Crippen LogP contribution in [0.2, 0.25) is 0 Å². The van der Waals surface area contributed by atoms with Crippen LogP contribution in [-0.2, 0) is 0 Å². The van der Waals surface area contributed by atoms with Crippen molar-refractivity contribution in [3.8, 4) is 0 Å². The third-order valence-electron chi connectivity index (χ3n) is 1.80. The Hall–Kier alpha value is -0.250. The van der Waals surface area contributed by atoms with Gasteiger partial charge in [0.25, 0.3) is 0 Å². The molecule has 0 aliphatic carbocycles. The molecule has 0 amide bonds. The molecule has 0 heterocycles. The molecule has 0 fully saturated rings. The lowest BCUT2D eigenvalue weighted by atomic mass is 10.3. The number of hydrogen-bond acceptors (Lipinski definition) is 2. The normalized spacial score (nSPS) is 11.9. The zero-order chi connectivity index (χ0) is 9.68. The summed E-state index contributed by atoms with van der Waals surface area (Å²) in [6.45, 7) is 2.07. The van der Waals surface area contributed by atoms with E-state index in [1.165, 1.54) is 12.1 Å². The molecule has 80 valence electrons. The maximum atomic E-state index is 12.5. The Labute approximate surface area is 94.7 Å². The molecule has 0 bridgehead atoms. The molecule has 14 heavy (non-hydrogen) atoms. The molecule has 1 nitrogen and oxygen atoms in total. The summed E-state index contributed by atoms with van der Waals surface area (Å²) in [5.41, 5.74) is 5.76. The minimum Gasteiger partial charge on any atom is -0.327 e. The topological polar surface area (TPSA) is 26.0 Å². The summed E-state index contributed by atoms with van der Waals surface area (Å²) < 4.78 is 12.5. The third-order valence-corrected chi connectivity index (χ3v) is 3.00. The van der Waals surface area contributed by atoms with E-state index < -0.39 is 0 Å². The lowest BCUT2D eigenvalue weighted by molar-refractivity contribution is 0.626. The summed E-state index contributed by atoms with van der Waals surface area (Å²) in [4.78, 5) is 1.07. The maximum Gasteiger partial charge on any atom is 0.123 e. The van der Waals surface area contributed by atoms with E-state index in [0.717, 1.165) is 17.1 Å². The van der Waals surface area contributed by atoms with Gasteiger partial charge in [0.05, 0.1) is 0 Å². The number of thioether (sulfide) groups is 1. The maximum absolute atomic E-state index is 12.5. The van der Waals surface area contributed by atoms with Gasteiger partial charge in [0.1, 0.15) is 5.82 Å². The summed E-state index contributed by atoms with van der Waals surface area (Å²) in [6.07, 6.45) is 0.980. The number of hydrogen-bond donors (Lipinski definition) is 1. The predicted molar refractivity (Wildman–Crippen MR) is 62.6 cm³/mol. The number of rotatable bonds is 4. The van der Waals surface area contributed by atoms with Crippen molar-refractivity contribution in [1.82, 2.24) is 0 Å². The molecule has 0 saturated carbocycles. The van der Waals surface area contributed by atoms with Gasteiger partial charge in [-0.15, -0.1) is 24.2 Å². The van der Waals surface area contributed by atoms with Crippen LogP contribution in [0.3, 0.4) is 0 Å². The third kappa shape index (κ3) is 4.84. The average Bonchev–Trinajstić information content (AvgIpc) is 2.16. The first-order valence-electron chi connectivity index (χ1n) is 4.36. The Balaban J connectivity index is 0.00000169. The smallest absolute Gasteiger partial charge is 0.123 e. The van der Waals surface area contributed by atoms with Gasteiger partial charge in [0.2, 0.25) is 0 Å². The number of nitrogens with two attached hydrogens (primary N) is 1. The van der Waals surface area contributed by atoms with Crippen LogP contribution in [0, 0.1) is 5.82 Å². The monoisotopic (exact) mass is 235 g/mol. The quantitative estimate of drug-likeness (QED) is 0.812. The van der Waals surface area contributed by atoms with E-state index >= 15 is 0 Å². The van der Waals surface area contributed by atoms with E-state index in [1.54, 1.807) is 23.9 Å². The summed E-state index contributed by atoms with van der Waals surface area (Å²) in [5, 5.41) is 0. The van der Waals surface area contributed by atoms with Crippen LogP contribution >= 0.6 is 24.2 Å². The zero-order valence-corrected chi connectivity index (χ0v) is 9.71. The Bertz CT molecular complexity index is 253. The zero-order valence-electron chi connectivity index (χ0n) is 8.07. The van der Waals surface area contributed by atoms with Gasteiger partial charge < -0.3 is 5.73 Å². The molecule has 0 aromatic heterocycles. The first-order chi connectivity index (χ1) is 6.22. The van der Waals surface area contributed by atoms with E-state index in [2.05, 4.69) is 6.92 Å². The van der Waals surface area contributed by atoms with Gasteiger partial charge in [-0.05, 0) is 30.7 Å². The van der Waals surface area contributed by atoms with Crippen molar-refractivity contribution in [2.45, 2.75) is 24.3 Å². The molecule has 0 radical (unpaired) electrons. The standard InChI is InChI=1S/C10H14FNS.ClH/c1-2-9(12)7-13-10-5-3-8(11)4-6-10;/h3-6,9H,2,7,12H2,1H3;1H. The van der Waals surface area contributed by atoms with Gasteiger partial charge in [-0.2, -0.15) is 0 Å². The van der Waals surface area contributed by atoms with Crippen molar-refractivity contribution in [2.24, 2.45) is 5.73 Å². The predicted octanol–water partition coefficient (Wildman–Crippen LogP) is 3.08. The molecule has 1 rings (SSSR count). The lowest BCUT2D eigenvalue weighted by Crippen LogP contribution is -2.21. The molecule has 4 heteroatoms. The highest BCUT2D eigenvalue weighted by Gasteiger charge is 2.00. The minimum atomic E-state index is -0.191. The van der Waals surface area contributed by atoms with Crippen LogP contribution in [0.1, 0.15) is 13.3 Å². The average molecular weight is 236 g/mol. The Morgan fingerprint density at radius 2 is 1.93 bits per heavy atom. The number of benzene rings is 1. The molecular weight excluding hydrogens is 221 g/mol. The summed E-state index contributed by atoms with van der Waals surface area (Å²) in [6, 6.07) is 6.74. The molecular formula is C10H15ClFNS. The Morgan fingerprint density at radius 3 is 2.43 bits per heavy atom. The fourth-order valence-corrected chi connectivity index (χ4v) is 1.82. The molecule has 0 aliphatic heterocycles. The highest BCUT2D eigenvalue weighted by molar-refractivity contribution is 7.99. The number of halogens is 2. The van der Waals surface area contributed by atoms with Gasteiger partial charge in [-0.1, -0.05) is 6.92 Å². The largest absolute Gasteiger partial charge is 0.327 e. The molecule has 1 aromatic carbocycles. The van der Waals surface area contributed by atoms with Crippen LogP contribution in [0.4, 0.5) is 4.39 Å². The van der Waals surface area contributed by atoms with Crippen molar-refractivity contribution < 1.29 is 4.39 Å². The van der Waals surface area contributed by atoms with Crippen molar-refractivity contribution >= 4 is 24.2 Å². The Kier molecular flexibility index (Phi) is 6.97. The van der Waals surface area contributed by atoms with Gasteiger partial charge in [-0.3, -0.25) is 0 Å². The first-order valence-corrected chi connectivity index (χ1v) is 5.35. The highest BCUT2D eigenvalue weighted by atomic mass is 35.5. The van der Waals surface area contributed by atoms with E-state index in [1.807, 2.05) is 0 Å². The van der Waals surface area contributed by atoms with Crippen molar-refractivity contribution in [1.29, 1.82) is 0 Å². The van der Waals surface area contributed by atoms with Crippen molar-refractivity contribution in [3.05, 3.63) is 30.1 Å². The van der Waals surface area contributed by atoms with E-state index in [-0.39, 0.29) is 24.3 Å². The van der Waals surface area contributed by atoms with Crippen LogP contribution in [-0.4, -0.2) is 11.8 Å². The van der Waals surface area contributed by atoms with Crippen LogP contribution in [0.5, 0.6) is 0 Å². The van der Waals surface area contributed by atoms with E-state index in [0.29, 0.717) is 0 Å². The fraction of sp³-hybridized carbons (Fsp3) is 0.400. The van der Waals surface area contributed by atoms with Gasteiger partial charge in [-0.25, -0.2) is 4.39 Å². The van der Waals surface area contributed by atoms with Crippen LogP contribution in [0.15, 0.2) is 29.2 Å². The van der Waals surface area contributed by atoms with Gasteiger partial charge >= 0.3 is 0 Å². The summed E-state index contributed by atoms with van der Waals surface area (Å²) >= 11 is 1.67. The summed E-state index contributed by atoms with van der Waals surface area (Å²) in [7, 11) is 0. The molecule has 1 atom stereocenters. The van der Waals surface area contributed by atoms with E-state index in [9.17, 15) is 4.39 Å². The SMILES string of the molecule is CCC(N)CSc1ccc(F)cc1.Cl. The molecule has 0 aliphatic rings. The summed E-state index contributed by atoms with van der Waals surface area (Å²) in [5.74, 6) is 0.700. The second-order valence-electron chi connectivity index (χ2n) is 2.93. The molecule has 1 unspecified atom stereocenters. The lowest BCUT2D eigenvalue weighted by Gasteiger charge is -2.07. The second kappa shape index (κ2) is 7.10. The minimum absolute atomic E-state index is 0. The Morgan fingerprint density at radius 1 is 1.36 bits per heavy atom. The van der Waals surface area contributed by atoms with Crippen molar-refractivity contribution in [2.75, 3.05) is 5.75 Å². The van der Waals surface area contributed by atoms with Crippen LogP contribution in [0.25, 0.3) is 0 Å². The molecule has 0 spiro atoms. The first kappa shape index (κ1) is 13.8. The fourth-order valence-electron chi connectivity index (χ4n) is 0.852. The van der Waals surface area contributed by atoms with Crippen molar-refractivity contribution in [3.63, 3.8) is 0 Å². The second-order valence-corrected chi connectivity index (χ2v) is 4.03. The molecule has 2 N–H and O–H groups in total. The molecule has 1 aromatic rings. The highest BCUT2D eigenvalue weighted by Crippen LogP contribution is 2.18. The molecule has 0 saturated heterocycles. The van der Waals surface area contributed by atoms with E-state index in [4.69, 9.17) is 5.73 Å². The van der Waals surface area contributed by atoms with Gasteiger partial charge in [0, 0.05) is 16.7 Å². The van der Waals surface area contributed by atoms with Gasteiger partial charge in [0.15, 0.2) is 0 Å². The van der Waals surface area contributed by atoms with Crippen LogP contribution < -0.4 is 5.73 Å².